The molecule has 0 radical (unpaired) electrons. The molecule has 0 atom stereocenters. The van der Waals surface area contributed by atoms with Gasteiger partial charge in [-0.3, -0.25) is 0 Å². The molecule has 1 heterocycles. The van der Waals surface area contributed by atoms with Gasteiger partial charge in [-0.25, -0.2) is 4.98 Å². The summed E-state index contributed by atoms with van der Waals surface area (Å²) in [4.78, 5) is 4.21. The first-order chi connectivity index (χ1) is 7.40. The third-order valence-electron chi connectivity index (χ3n) is 2.03. The number of anilines is 2. The number of para-hydroxylation sites is 1. The van der Waals surface area contributed by atoms with Gasteiger partial charge in [0.05, 0.1) is 7.11 Å². The van der Waals surface area contributed by atoms with E-state index in [0.717, 1.165) is 17.3 Å². The molecule has 0 spiro atoms. The van der Waals surface area contributed by atoms with Crippen LogP contribution in [0.3, 0.4) is 0 Å². The minimum absolute atomic E-state index is 0.728. The summed E-state index contributed by atoms with van der Waals surface area (Å²) >= 11 is 0. The van der Waals surface area contributed by atoms with E-state index >= 15 is 0 Å². The summed E-state index contributed by atoms with van der Waals surface area (Å²) < 4.78 is 5.19. The van der Waals surface area contributed by atoms with Gasteiger partial charge in [0.25, 0.3) is 0 Å². The third kappa shape index (κ3) is 2.26. The summed E-state index contributed by atoms with van der Waals surface area (Å²) in [5.41, 5.74) is 0.995. The van der Waals surface area contributed by atoms with Crippen LogP contribution in [-0.2, 0) is 0 Å². The Kier molecular flexibility index (Phi) is 2.83. The van der Waals surface area contributed by atoms with Gasteiger partial charge < -0.3 is 10.1 Å². The summed E-state index contributed by atoms with van der Waals surface area (Å²) in [6, 6.07) is 13.6. The van der Waals surface area contributed by atoms with Crippen molar-refractivity contribution >= 4 is 11.5 Å². The molecule has 2 aromatic rings. The van der Waals surface area contributed by atoms with Gasteiger partial charge in [0.1, 0.15) is 0 Å². The molecule has 0 saturated heterocycles. The van der Waals surface area contributed by atoms with Crippen LogP contribution in [0.15, 0.2) is 48.7 Å². The van der Waals surface area contributed by atoms with E-state index in [1.165, 1.54) is 0 Å². The summed E-state index contributed by atoms with van der Waals surface area (Å²) in [5, 5.41) is 3.19. The molecule has 0 unspecified atom stereocenters. The van der Waals surface area contributed by atoms with Crippen LogP contribution in [-0.4, -0.2) is 12.1 Å². The van der Waals surface area contributed by atoms with Crippen LogP contribution in [0, 0.1) is 0 Å². The van der Waals surface area contributed by atoms with Crippen molar-refractivity contribution in [2.45, 2.75) is 0 Å². The Hall–Kier alpha value is -2.03. The van der Waals surface area contributed by atoms with E-state index in [-0.39, 0.29) is 0 Å². The molecule has 0 amide bonds. The highest BCUT2D eigenvalue weighted by molar-refractivity contribution is 5.61. The monoisotopic (exact) mass is 200 g/mol. The summed E-state index contributed by atoms with van der Waals surface area (Å²) in [5.74, 6) is 1.47. The Balaban J connectivity index is 2.24. The van der Waals surface area contributed by atoms with Gasteiger partial charge >= 0.3 is 0 Å². The van der Waals surface area contributed by atoms with Gasteiger partial charge in [0.15, 0.2) is 11.6 Å². The predicted molar refractivity (Wildman–Crippen MR) is 60.5 cm³/mol. The fraction of sp³-hybridized carbons (Fsp3) is 0.0833. The molecule has 0 bridgehead atoms. The molecule has 0 aliphatic rings. The van der Waals surface area contributed by atoms with E-state index in [1.807, 2.05) is 42.5 Å². The summed E-state index contributed by atoms with van der Waals surface area (Å²) in [7, 11) is 1.63. The van der Waals surface area contributed by atoms with E-state index in [9.17, 15) is 0 Å². The van der Waals surface area contributed by atoms with E-state index < -0.39 is 0 Å². The number of nitrogens with one attached hydrogen (secondary N) is 1. The molecule has 0 aliphatic carbocycles. The number of rotatable bonds is 3. The fourth-order valence-corrected chi connectivity index (χ4v) is 1.31. The van der Waals surface area contributed by atoms with Gasteiger partial charge in [0.2, 0.25) is 0 Å². The lowest BCUT2D eigenvalue weighted by molar-refractivity contribution is 0.415. The van der Waals surface area contributed by atoms with Crippen LogP contribution in [0.25, 0.3) is 0 Å². The lowest BCUT2D eigenvalue weighted by atomic mass is 10.3. The first-order valence-corrected chi connectivity index (χ1v) is 4.71. The summed E-state index contributed by atoms with van der Waals surface area (Å²) in [6.45, 7) is 0. The van der Waals surface area contributed by atoms with Gasteiger partial charge in [-0.15, -0.1) is 0 Å². The number of hydrogen-bond donors (Lipinski definition) is 1. The highest BCUT2D eigenvalue weighted by Crippen LogP contribution is 2.23. The van der Waals surface area contributed by atoms with Crippen LogP contribution < -0.4 is 10.1 Å². The fourth-order valence-electron chi connectivity index (χ4n) is 1.31. The molecular formula is C12H12N2O. The van der Waals surface area contributed by atoms with Gasteiger partial charge in [-0.05, 0) is 24.3 Å². The number of nitrogens with zero attached hydrogens (tertiary/aromatic N) is 1. The van der Waals surface area contributed by atoms with Crippen LogP contribution in [0.2, 0.25) is 0 Å². The van der Waals surface area contributed by atoms with E-state index in [4.69, 9.17) is 4.74 Å². The first-order valence-electron chi connectivity index (χ1n) is 4.71. The maximum absolute atomic E-state index is 5.19. The quantitative estimate of drug-likeness (QED) is 0.827. The zero-order valence-corrected chi connectivity index (χ0v) is 8.47. The van der Waals surface area contributed by atoms with Crippen LogP contribution in [0.5, 0.6) is 5.75 Å². The molecule has 0 saturated carbocycles. The molecule has 1 N–H and O–H groups in total. The zero-order chi connectivity index (χ0) is 10.5. The number of aromatic nitrogens is 1. The molecule has 1 aromatic heterocycles. The normalized spacial score (nSPS) is 9.67. The molecule has 3 nitrogen and oxygen atoms in total. The van der Waals surface area contributed by atoms with Crippen molar-refractivity contribution in [1.82, 2.24) is 4.98 Å². The summed E-state index contributed by atoms with van der Waals surface area (Å²) in [6.07, 6.45) is 1.73. The second-order valence-electron chi connectivity index (χ2n) is 3.05. The van der Waals surface area contributed by atoms with Crippen LogP contribution >= 0.6 is 0 Å². The SMILES string of the molecule is COc1cccnc1Nc1ccccc1. The van der Waals surface area contributed by atoms with E-state index in [1.54, 1.807) is 13.3 Å². The lowest BCUT2D eigenvalue weighted by Crippen LogP contribution is -1.96. The third-order valence-corrected chi connectivity index (χ3v) is 2.03. The standard InChI is InChI=1S/C12H12N2O/c1-15-11-8-5-9-13-12(11)14-10-6-3-2-4-7-10/h2-9H,1H3,(H,13,14). The molecule has 76 valence electrons. The van der Waals surface area contributed by atoms with Gasteiger partial charge in [-0.2, -0.15) is 0 Å². The Morgan fingerprint density at radius 2 is 1.87 bits per heavy atom. The first kappa shape index (κ1) is 9.52. The molecule has 0 fully saturated rings. The van der Waals surface area contributed by atoms with E-state index in [0.29, 0.717) is 0 Å². The highest BCUT2D eigenvalue weighted by Gasteiger charge is 2.02. The molecular weight excluding hydrogens is 188 g/mol. The topological polar surface area (TPSA) is 34.1 Å². The van der Waals surface area contributed by atoms with Crippen molar-refractivity contribution in [2.75, 3.05) is 12.4 Å². The number of pyridine rings is 1. The zero-order valence-electron chi connectivity index (χ0n) is 8.47. The van der Waals surface area contributed by atoms with Crippen molar-refractivity contribution in [3.05, 3.63) is 48.7 Å². The van der Waals surface area contributed by atoms with Crippen molar-refractivity contribution in [1.29, 1.82) is 0 Å². The largest absolute Gasteiger partial charge is 0.493 e. The minimum Gasteiger partial charge on any atom is -0.493 e. The highest BCUT2D eigenvalue weighted by atomic mass is 16.5. The molecule has 15 heavy (non-hydrogen) atoms. The number of methoxy groups -OCH3 is 1. The Labute approximate surface area is 88.7 Å². The van der Waals surface area contributed by atoms with Crippen LogP contribution in [0.1, 0.15) is 0 Å². The van der Waals surface area contributed by atoms with Crippen molar-refractivity contribution in [3.63, 3.8) is 0 Å². The van der Waals surface area contributed by atoms with Crippen LogP contribution in [0.4, 0.5) is 11.5 Å². The number of ether oxygens (including phenoxy) is 1. The maximum atomic E-state index is 5.19. The predicted octanol–water partition coefficient (Wildman–Crippen LogP) is 2.83. The Morgan fingerprint density at radius 3 is 2.60 bits per heavy atom. The lowest BCUT2D eigenvalue weighted by Gasteiger charge is -2.08. The Bertz CT molecular complexity index is 429. The second kappa shape index (κ2) is 4.46. The van der Waals surface area contributed by atoms with E-state index in [2.05, 4.69) is 10.3 Å². The number of hydrogen-bond acceptors (Lipinski definition) is 3. The average molecular weight is 200 g/mol. The van der Waals surface area contributed by atoms with Gasteiger partial charge in [-0.1, -0.05) is 18.2 Å². The molecule has 3 heteroatoms. The second-order valence-corrected chi connectivity index (χ2v) is 3.05. The maximum Gasteiger partial charge on any atom is 0.173 e. The smallest absolute Gasteiger partial charge is 0.173 e. The number of benzene rings is 1. The van der Waals surface area contributed by atoms with Gasteiger partial charge in [0, 0.05) is 11.9 Å². The van der Waals surface area contributed by atoms with Crippen molar-refractivity contribution in [2.24, 2.45) is 0 Å². The average Bonchev–Trinajstić information content (AvgIpc) is 2.31. The Morgan fingerprint density at radius 1 is 1.07 bits per heavy atom. The molecule has 0 aliphatic heterocycles. The molecule has 2 rings (SSSR count). The minimum atomic E-state index is 0.728. The van der Waals surface area contributed by atoms with Crippen molar-refractivity contribution < 1.29 is 4.74 Å². The van der Waals surface area contributed by atoms with Crippen molar-refractivity contribution in [3.8, 4) is 5.75 Å². The molecule has 1 aromatic carbocycles.